The van der Waals surface area contributed by atoms with Crippen molar-refractivity contribution in [3.05, 3.63) is 83.3 Å². The first-order chi connectivity index (χ1) is 12.7. The molecule has 5 heteroatoms. The third kappa shape index (κ3) is 4.76. The zero-order valence-corrected chi connectivity index (χ0v) is 14.6. The third-order valence-corrected chi connectivity index (χ3v) is 4.58. The summed E-state index contributed by atoms with van der Waals surface area (Å²) in [6.45, 7) is 2.57. The molecule has 0 unspecified atom stereocenters. The number of rotatable bonds is 8. The van der Waals surface area contributed by atoms with E-state index in [4.69, 9.17) is 4.52 Å². The maximum absolute atomic E-state index is 13.3. The van der Waals surface area contributed by atoms with Gasteiger partial charge in [0.25, 0.3) is 0 Å². The molecule has 0 N–H and O–H groups in total. The number of benzene rings is 2. The van der Waals surface area contributed by atoms with Gasteiger partial charge in [0.1, 0.15) is 5.82 Å². The van der Waals surface area contributed by atoms with E-state index >= 15 is 0 Å². The standard InChI is InChI=1S/C21H22FN3O/c22-19-8-4-7-18(11-19)12-20-23-21(26-24-20)15-25(14-17-9-10-17)13-16-5-2-1-3-6-16/h1-8,11,17H,9-10,12-15H2. The highest BCUT2D eigenvalue weighted by Crippen LogP contribution is 2.30. The van der Waals surface area contributed by atoms with Crippen LogP contribution in [0, 0.1) is 11.7 Å². The summed E-state index contributed by atoms with van der Waals surface area (Å²) in [5.41, 5.74) is 2.13. The molecule has 26 heavy (non-hydrogen) atoms. The van der Waals surface area contributed by atoms with Gasteiger partial charge in [0.15, 0.2) is 5.82 Å². The Morgan fingerprint density at radius 3 is 2.58 bits per heavy atom. The Hall–Kier alpha value is -2.53. The minimum atomic E-state index is -0.246. The summed E-state index contributed by atoms with van der Waals surface area (Å²) < 4.78 is 18.8. The quantitative estimate of drug-likeness (QED) is 0.610. The molecule has 1 aliphatic carbocycles. The number of hydrogen-bond acceptors (Lipinski definition) is 4. The molecule has 2 aromatic carbocycles. The van der Waals surface area contributed by atoms with Crippen LogP contribution in [0.5, 0.6) is 0 Å². The second-order valence-corrected chi connectivity index (χ2v) is 7.01. The molecule has 1 aliphatic rings. The maximum atomic E-state index is 13.3. The van der Waals surface area contributed by atoms with Crippen molar-refractivity contribution in [1.82, 2.24) is 15.0 Å². The minimum Gasteiger partial charge on any atom is -0.338 e. The number of aromatic nitrogens is 2. The Labute approximate surface area is 152 Å². The molecule has 1 saturated carbocycles. The largest absolute Gasteiger partial charge is 0.338 e. The highest BCUT2D eigenvalue weighted by Gasteiger charge is 2.25. The lowest BCUT2D eigenvalue weighted by molar-refractivity contribution is 0.211. The molecule has 0 spiro atoms. The van der Waals surface area contributed by atoms with Crippen LogP contribution in [-0.4, -0.2) is 21.6 Å². The number of hydrogen-bond donors (Lipinski definition) is 0. The molecule has 3 aromatic rings. The Morgan fingerprint density at radius 1 is 1.00 bits per heavy atom. The van der Waals surface area contributed by atoms with Crippen molar-refractivity contribution in [3.8, 4) is 0 Å². The Balaban J connectivity index is 1.41. The van der Waals surface area contributed by atoms with Gasteiger partial charge in [0.05, 0.1) is 6.54 Å². The molecule has 1 fully saturated rings. The van der Waals surface area contributed by atoms with Crippen molar-refractivity contribution in [3.63, 3.8) is 0 Å². The van der Waals surface area contributed by atoms with E-state index < -0.39 is 0 Å². The fourth-order valence-electron chi connectivity index (χ4n) is 3.14. The Kier molecular flexibility index (Phi) is 5.07. The summed E-state index contributed by atoms with van der Waals surface area (Å²) in [7, 11) is 0. The molecule has 0 radical (unpaired) electrons. The van der Waals surface area contributed by atoms with Crippen LogP contribution in [0.15, 0.2) is 59.1 Å². The van der Waals surface area contributed by atoms with Crippen LogP contribution in [0.1, 0.15) is 35.7 Å². The van der Waals surface area contributed by atoms with Gasteiger partial charge in [-0.3, -0.25) is 4.90 Å². The first-order valence-corrected chi connectivity index (χ1v) is 9.07. The van der Waals surface area contributed by atoms with Crippen LogP contribution in [0.3, 0.4) is 0 Å². The molecule has 4 rings (SSSR count). The molecule has 0 aliphatic heterocycles. The Bertz CT molecular complexity index is 845. The van der Waals surface area contributed by atoms with Crippen molar-refractivity contribution in [1.29, 1.82) is 0 Å². The maximum Gasteiger partial charge on any atom is 0.240 e. The van der Waals surface area contributed by atoms with E-state index in [2.05, 4.69) is 39.3 Å². The lowest BCUT2D eigenvalue weighted by Gasteiger charge is -2.20. The topological polar surface area (TPSA) is 42.2 Å². The van der Waals surface area contributed by atoms with Crippen molar-refractivity contribution < 1.29 is 8.91 Å². The number of halogens is 1. The second-order valence-electron chi connectivity index (χ2n) is 7.01. The fraction of sp³-hybridized carbons (Fsp3) is 0.333. The van der Waals surface area contributed by atoms with E-state index in [9.17, 15) is 4.39 Å². The summed E-state index contributed by atoms with van der Waals surface area (Å²) in [4.78, 5) is 6.87. The van der Waals surface area contributed by atoms with E-state index in [-0.39, 0.29) is 5.82 Å². The van der Waals surface area contributed by atoms with Crippen molar-refractivity contribution in [2.24, 2.45) is 5.92 Å². The average molecular weight is 351 g/mol. The second kappa shape index (κ2) is 7.79. The van der Waals surface area contributed by atoms with Crippen LogP contribution in [0.4, 0.5) is 4.39 Å². The van der Waals surface area contributed by atoms with Gasteiger partial charge in [0.2, 0.25) is 5.89 Å². The molecule has 134 valence electrons. The molecule has 1 aromatic heterocycles. The highest BCUT2D eigenvalue weighted by molar-refractivity contribution is 5.19. The third-order valence-electron chi connectivity index (χ3n) is 4.58. The highest BCUT2D eigenvalue weighted by atomic mass is 19.1. The van der Waals surface area contributed by atoms with Crippen LogP contribution in [-0.2, 0) is 19.5 Å². The smallest absolute Gasteiger partial charge is 0.240 e. The molecule has 0 amide bonds. The van der Waals surface area contributed by atoms with Gasteiger partial charge >= 0.3 is 0 Å². The molecular formula is C21H22FN3O. The van der Waals surface area contributed by atoms with Crippen molar-refractivity contribution >= 4 is 0 Å². The first-order valence-electron chi connectivity index (χ1n) is 9.07. The van der Waals surface area contributed by atoms with Crippen LogP contribution in [0.25, 0.3) is 0 Å². The molecule has 1 heterocycles. The van der Waals surface area contributed by atoms with Gasteiger partial charge in [-0.15, -0.1) is 0 Å². The summed E-state index contributed by atoms with van der Waals surface area (Å²) >= 11 is 0. The van der Waals surface area contributed by atoms with Crippen LogP contribution >= 0.6 is 0 Å². The minimum absolute atomic E-state index is 0.246. The normalized spacial score (nSPS) is 14.1. The summed E-state index contributed by atoms with van der Waals surface area (Å²) in [6, 6.07) is 17.0. The predicted molar refractivity (Wildman–Crippen MR) is 96.8 cm³/mol. The summed E-state index contributed by atoms with van der Waals surface area (Å²) in [5, 5.41) is 4.06. The van der Waals surface area contributed by atoms with Gasteiger partial charge in [-0.05, 0) is 42.0 Å². The monoisotopic (exact) mass is 351 g/mol. The van der Waals surface area contributed by atoms with Crippen molar-refractivity contribution in [2.45, 2.75) is 32.4 Å². The van der Waals surface area contributed by atoms with Gasteiger partial charge in [0, 0.05) is 19.5 Å². The lowest BCUT2D eigenvalue weighted by Crippen LogP contribution is -2.25. The molecule has 0 bridgehead atoms. The van der Waals surface area contributed by atoms with Gasteiger partial charge < -0.3 is 4.52 Å². The lowest BCUT2D eigenvalue weighted by atomic mass is 10.1. The van der Waals surface area contributed by atoms with Gasteiger partial charge in [-0.25, -0.2) is 4.39 Å². The average Bonchev–Trinajstić information content (AvgIpc) is 3.34. The number of nitrogens with zero attached hydrogens (tertiary/aromatic N) is 3. The molecule has 0 atom stereocenters. The molecule has 4 nitrogen and oxygen atoms in total. The van der Waals surface area contributed by atoms with E-state index in [0.29, 0.717) is 24.7 Å². The van der Waals surface area contributed by atoms with Crippen molar-refractivity contribution in [2.75, 3.05) is 6.54 Å². The first kappa shape index (κ1) is 16.9. The zero-order chi connectivity index (χ0) is 17.8. The van der Waals surface area contributed by atoms with E-state index in [0.717, 1.165) is 24.6 Å². The predicted octanol–water partition coefficient (Wildman–Crippen LogP) is 4.21. The summed E-state index contributed by atoms with van der Waals surface area (Å²) in [6.07, 6.45) is 3.09. The Morgan fingerprint density at radius 2 is 1.81 bits per heavy atom. The fourth-order valence-corrected chi connectivity index (χ4v) is 3.14. The van der Waals surface area contributed by atoms with Gasteiger partial charge in [-0.1, -0.05) is 47.6 Å². The van der Waals surface area contributed by atoms with E-state index in [1.807, 2.05) is 12.1 Å². The van der Waals surface area contributed by atoms with Gasteiger partial charge in [-0.2, -0.15) is 4.98 Å². The van der Waals surface area contributed by atoms with E-state index in [1.165, 1.54) is 30.5 Å². The van der Waals surface area contributed by atoms with E-state index in [1.54, 1.807) is 6.07 Å². The van der Waals surface area contributed by atoms with Crippen LogP contribution < -0.4 is 0 Å². The SMILES string of the molecule is Fc1cccc(Cc2noc(CN(Cc3ccccc3)CC3CC3)n2)c1. The molecule has 0 saturated heterocycles. The summed E-state index contributed by atoms with van der Waals surface area (Å²) in [5.74, 6) is 1.75. The molecular weight excluding hydrogens is 329 g/mol. The van der Waals surface area contributed by atoms with Crippen LogP contribution in [0.2, 0.25) is 0 Å². The zero-order valence-electron chi connectivity index (χ0n) is 14.6.